The maximum atomic E-state index is 11.1. The minimum Gasteiger partial charge on any atom is -0.504 e. The molecule has 4 aromatic rings. The number of methoxy groups -OCH3 is 1. The zero-order chi connectivity index (χ0) is 21.3. The minimum atomic E-state index is -0.563. The summed E-state index contributed by atoms with van der Waals surface area (Å²) in [4.78, 5) is 19.5. The molecule has 0 aliphatic rings. The van der Waals surface area contributed by atoms with Crippen LogP contribution in [0.1, 0.15) is 5.56 Å². The van der Waals surface area contributed by atoms with Crippen LogP contribution in [0.25, 0.3) is 20.8 Å². The van der Waals surface area contributed by atoms with Crippen LogP contribution in [0.3, 0.4) is 0 Å². The van der Waals surface area contributed by atoms with Crippen molar-refractivity contribution in [1.29, 1.82) is 0 Å². The summed E-state index contributed by atoms with van der Waals surface area (Å²) >= 11 is 7.90. The maximum absolute atomic E-state index is 11.1. The number of hydrogen-bond acceptors (Lipinski definition) is 7. The topological polar surface area (TPSA) is 97.9 Å². The van der Waals surface area contributed by atoms with Crippen LogP contribution in [0.15, 0.2) is 59.6 Å². The summed E-state index contributed by atoms with van der Waals surface area (Å²) in [5.41, 5.74) is 2.12. The number of para-hydroxylation sites is 1. The summed E-state index contributed by atoms with van der Waals surface area (Å²) in [7, 11) is 1.32. The van der Waals surface area contributed by atoms with E-state index in [2.05, 4.69) is 9.98 Å². The molecule has 150 valence electrons. The van der Waals surface area contributed by atoms with E-state index in [1.807, 2.05) is 24.3 Å². The molecular formula is C21H14ClN3O4S. The standard InChI is InChI=1S/C21H14ClN3O4S/c1-29-18-10-14(25(27)28)8-12(20(18)26)11-23-13-6-7-16(22)15(9-13)21-24-17-4-2-3-5-19(17)30-21/h2-11,26H,1H3. The second-order valence-corrected chi connectivity index (χ2v) is 7.69. The molecule has 1 heterocycles. The number of aromatic hydroxyl groups is 1. The number of thiazole rings is 1. The number of fused-ring (bicyclic) bond motifs is 1. The van der Waals surface area contributed by atoms with Gasteiger partial charge < -0.3 is 9.84 Å². The van der Waals surface area contributed by atoms with Crippen LogP contribution in [0.4, 0.5) is 11.4 Å². The van der Waals surface area contributed by atoms with Gasteiger partial charge in [0.15, 0.2) is 11.5 Å². The van der Waals surface area contributed by atoms with Crippen molar-refractivity contribution >= 4 is 50.7 Å². The number of nitrogens with zero attached hydrogens (tertiary/aromatic N) is 3. The van der Waals surface area contributed by atoms with Crippen molar-refractivity contribution in [2.24, 2.45) is 4.99 Å². The summed E-state index contributed by atoms with van der Waals surface area (Å²) < 4.78 is 6.06. The molecule has 0 bridgehead atoms. The van der Waals surface area contributed by atoms with Crippen molar-refractivity contribution in [1.82, 2.24) is 4.98 Å². The Kier molecular flexibility index (Phi) is 5.35. The molecule has 0 aliphatic heterocycles. The highest BCUT2D eigenvalue weighted by atomic mass is 35.5. The van der Waals surface area contributed by atoms with Crippen LogP contribution < -0.4 is 4.74 Å². The lowest BCUT2D eigenvalue weighted by Crippen LogP contribution is -1.94. The Morgan fingerprint density at radius 3 is 2.77 bits per heavy atom. The molecule has 0 aliphatic carbocycles. The molecule has 0 atom stereocenters. The van der Waals surface area contributed by atoms with E-state index in [1.54, 1.807) is 18.2 Å². The predicted octanol–water partition coefficient (Wildman–Crippen LogP) is 5.99. The third-order valence-corrected chi connectivity index (χ3v) is 5.75. The molecule has 4 rings (SSSR count). The van der Waals surface area contributed by atoms with Gasteiger partial charge in [0.25, 0.3) is 5.69 Å². The molecule has 30 heavy (non-hydrogen) atoms. The molecule has 0 spiro atoms. The zero-order valence-corrected chi connectivity index (χ0v) is 17.1. The molecule has 9 heteroatoms. The van der Waals surface area contributed by atoms with Gasteiger partial charge in [0.2, 0.25) is 0 Å². The van der Waals surface area contributed by atoms with Gasteiger partial charge in [-0.1, -0.05) is 23.7 Å². The van der Waals surface area contributed by atoms with Crippen LogP contribution in [0.5, 0.6) is 11.5 Å². The number of halogens is 1. The lowest BCUT2D eigenvalue weighted by molar-refractivity contribution is -0.385. The molecule has 7 nitrogen and oxygen atoms in total. The summed E-state index contributed by atoms with van der Waals surface area (Å²) in [5.74, 6) is -0.232. The maximum Gasteiger partial charge on any atom is 0.274 e. The fourth-order valence-corrected chi connectivity index (χ4v) is 4.12. The van der Waals surface area contributed by atoms with Crippen LogP contribution in [0.2, 0.25) is 5.02 Å². The first-order valence-corrected chi connectivity index (χ1v) is 9.90. The second kappa shape index (κ2) is 8.10. The Morgan fingerprint density at radius 2 is 2.03 bits per heavy atom. The third-order valence-electron chi connectivity index (χ3n) is 4.35. The fraction of sp³-hybridized carbons (Fsp3) is 0.0476. The summed E-state index contributed by atoms with van der Waals surface area (Å²) in [6.07, 6.45) is 1.34. The van der Waals surface area contributed by atoms with Crippen molar-refractivity contribution in [3.8, 4) is 22.1 Å². The molecule has 0 amide bonds. The van der Waals surface area contributed by atoms with Gasteiger partial charge in [-0.15, -0.1) is 11.3 Å². The number of non-ortho nitro benzene ring substituents is 1. The number of phenols is 1. The SMILES string of the molecule is COc1cc([N+](=O)[O-])cc(C=Nc2ccc(Cl)c(-c3nc4ccccc4s3)c2)c1O. The molecule has 1 N–H and O–H groups in total. The predicted molar refractivity (Wildman–Crippen MR) is 119 cm³/mol. The average Bonchev–Trinajstić information content (AvgIpc) is 3.17. The van der Waals surface area contributed by atoms with Gasteiger partial charge in [-0.3, -0.25) is 15.1 Å². The Hall–Kier alpha value is -3.49. The van der Waals surface area contributed by atoms with Crippen molar-refractivity contribution in [2.75, 3.05) is 7.11 Å². The van der Waals surface area contributed by atoms with E-state index in [1.165, 1.54) is 30.7 Å². The summed E-state index contributed by atoms with van der Waals surface area (Å²) in [6, 6.07) is 15.4. The first-order chi connectivity index (χ1) is 14.5. The van der Waals surface area contributed by atoms with E-state index in [0.29, 0.717) is 10.7 Å². The van der Waals surface area contributed by atoms with E-state index in [-0.39, 0.29) is 22.7 Å². The number of nitro benzene ring substituents is 1. The number of aromatic nitrogens is 1. The summed E-state index contributed by atoms with van der Waals surface area (Å²) in [6.45, 7) is 0. The first-order valence-electron chi connectivity index (χ1n) is 8.71. The minimum absolute atomic E-state index is 0.00285. The second-order valence-electron chi connectivity index (χ2n) is 6.25. The molecule has 0 fully saturated rings. The van der Waals surface area contributed by atoms with E-state index >= 15 is 0 Å². The number of hydrogen-bond donors (Lipinski definition) is 1. The van der Waals surface area contributed by atoms with E-state index in [0.717, 1.165) is 26.9 Å². The normalized spacial score (nSPS) is 11.3. The first kappa shape index (κ1) is 19.8. The number of nitro groups is 1. The van der Waals surface area contributed by atoms with E-state index in [9.17, 15) is 15.2 Å². The van der Waals surface area contributed by atoms with E-state index in [4.69, 9.17) is 16.3 Å². The fourth-order valence-electron chi connectivity index (χ4n) is 2.86. The monoisotopic (exact) mass is 439 g/mol. The number of ether oxygens (including phenoxy) is 1. The largest absolute Gasteiger partial charge is 0.504 e. The molecule has 0 radical (unpaired) electrons. The summed E-state index contributed by atoms with van der Waals surface area (Å²) in [5, 5.41) is 22.7. The van der Waals surface area contributed by atoms with Gasteiger partial charge in [-0.2, -0.15) is 0 Å². The molecule has 1 aromatic heterocycles. The Balaban J connectivity index is 1.72. The quantitative estimate of drug-likeness (QED) is 0.234. The Labute approximate surface area is 180 Å². The number of rotatable bonds is 5. The van der Waals surface area contributed by atoms with Crippen molar-refractivity contribution in [3.05, 3.63) is 75.3 Å². The Bertz CT molecular complexity index is 1270. The van der Waals surface area contributed by atoms with Crippen molar-refractivity contribution < 1.29 is 14.8 Å². The van der Waals surface area contributed by atoms with Gasteiger partial charge in [0.1, 0.15) is 5.01 Å². The van der Waals surface area contributed by atoms with Crippen LogP contribution in [0, 0.1) is 10.1 Å². The highest BCUT2D eigenvalue weighted by molar-refractivity contribution is 7.21. The van der Waals surface area contributed by atoms with Crippen LogP contribution in [-0.4, -0.2) is 28.3 Å². The van der Waals surface area contributed by atoms with Gasteiger partial charge in [0.05, 0.1) is 39.0 Å². The molecular weight excluding hydrogens is 426 g/mol. The Morgan fingerprint density at radius 1 is 1.23 bits per heavy atom. The number of aliphatic imine (C=N–C) groups is 1. The zero-order valence-electron chi connectivity index (χ0n) is 15.6. The third kappa shape index (κ3) is 3.83. The van der Waals surface area contributed by atoms with Crippen molar-refractivity contribution in [3.63, 3.8) is 0 Å². The lowest BCUT2D eigenvalue weighted by Gasteiger charge is -2.06. The highest BCUT2D eigenvalue weighted by Crippen LogP contribution is 2.37. The van der Waals surface area contributed by atoms with Gasteiger partial charge >= 0.3 is 0 Å². The van der Waals surface area contributed by atoms with Crippen LogP contribution in [-0.2, 0) is 0 Å². The molecule has 0 saturated carbocycles. The van der Waals surface area contributed by atoms with Gasteiger partial charge in [-0.25, -0.2) is 4.98 Å². The number of phenolic OH excluding ortho intramolecular Hbond substituents is 1. The average molecular weight is 440 g/mol. The highest BCUT2D eigenvalue weighted by Gasteiger charge is 2.16. The molecule has 0 unspecified atom stereocenters. The molecule has 0 saturated heterocycles. The van der Waals surface area contributed by atoms with Crippen molar-refractivity contribution in [2.45, 2.75) is 0 Å². The van der Waals surface area contributed by atoms with Gasteiger partial charge in [0, 0.05) is 23.4 Å². The number of benzene rings is 3. The lowest BCUT2D eigenvalue weighted by atomic mass is 10.1. The smallest absolute Gasteiger partial charge is 0.274 e. The van der Waals surface area contributed by atoms with Crippen LogP contribution >= 0.6 is 22.9 Å². The van der Waals surface area contributed by atoms with E-state index < -0.39 is 4.92 Å². The molecule has 3 aromatic carbocycles. The van der Waals surface area contributed by atoms with Gasteiger partial charge in [-0.05, 0) is 30.3 Å².